The molecule has 3 aromatic heterocycles. The number of rotatable bonds is 6. The molecule has 6 nitrogen and oxygen atoms in total. The molecule has 0 saturated carbocycles. The minimum atomic E-state index is -0.164. The number of nitrogens with zero attached hydrogens (tertiary/aromatic N) is 4. The van der Waals surface area contributed by atoms with Crippen molar-refractivity contribution in [3.8, 4) is 0 Å². The first-order chi connectivity index (χ1) is 14.1. The number of amides is 1. The van der Waals surface area contributed by atoms with Crippen LogP contribution in [0.3, 0.4) is 0 Å². The Kier molecular flexibility index (Phi) is 5.16. The van der Waals surface area contributed by atoms with Crippen LogP contribution in [0.2, 0.25) is 0 Å². The van der Waals surface area contributed by atoms with Crippen LogP contribution in [0.5, 0.6) is 0 Å². The summed E-state index contributed by atoms with van der Waals surface area (Å²) >= 11 is 0. The monoisotopic (exact) mass is 388 g/mol. The van der Waals surface area contributed by atoms with Crippen LogP contribution < -0.4 is 5.56 Å². The molecule has 4 aromatic rings. The lowest BCUT2D eigenvalue weighted by Gasteiger charge is -2.18. The van der Waals surface area contributed by atoms with Crippen molar-refractivity contribution in [1.29, 1.82) is 0 Å². The first-order valence-corrected chi connectivity index (χ1v) is 9.90. The van der Waals surface area contributed by atoms with E-state index in [0.717, 1.165) is 18.4 Å². The highest BCUT2D eigenvalue weighted by molar-refractivity contribution is 5.98. The number of hydrogen-bond donors (Lipinski definition) is 0. The first-order valence-electron chi connectivity index (χ1n) is 9.90. The van der Waals surface area contributed by atoms with Crippen LogP contribution in [-0.2, 0) is 6.54 Å². The van der Waals surface area contributed by atoms with E-state index in [2.05, 4.69) is 6.92 Å². The molecule has 0 fully saturated rings. The van der Waals surface area contributed by atoms with Gasteiger partial charge in [0.2, 0.25) is 0 Å². The highest BCUT2D eigenvalue weighted by Gasteiger charge is 2.22. The summed E-state index contributed by atoms with van der Waals surface area (Å²) in [5.41, 5.74) is 2.48. The lowest BCUT2D eigenvalue weighted by atomic mass is 10.2. The molecule has 1 aromatic carbocycles. The summed E-state index contributed by atoms with van der Waals surface area (Å²) < 4.78 is 3.38. The zero-order valence-electron chi connectivity index (χ0n) is 16.7. The standard InChI is InChI=1S/C23H24N4O2/c1-3-4-13-25(2)23(29)19-15-18-21(27(19)16-17-10-6-5-7-11-17)24-20-12-8-9-14-26(20)22(18)28/h5-12,14-15H,3-4,13,16H2,1-2H3. The molecule has 0 aliphatic heterocycles. The Hall–Kier alpha value is -3.41. The van der Waals surface area contributed by atoms with E-state index in [1.54, 1.807) is 36.3 Å². The Morgan fingerprint density at radius 2 is 1.86 bits per heavy atom. The number of carbonyl (C=O) groups excluding carboxylic acids is 1. The predicted molar refractivity (Wildman–Crippen MR) is 114 cm³/mol. The fraction of sp³-hybridized carbons (Fsp3) is 0.261. The summed E-state index contributed by atoms with van der Waals surface area (Å²) in [5, 5.41) is 0.455. The van der Waals surface area contributed by atoms with Crippen molar-refractivity contribution in [2.24, 2.45) is 0 Å². The minimum Gasteiger partial charge on any atom is -0.340 e. The fourth-order valence-electron chi connectivity index (χ4n) is 3.55. The van der Waals surface area contributed by atoms with Crippen molar-refractivity contribution in [3.05, 3.63) is 82.4 Å². The lowest BCUT2D eigenvalue weighted by Crippen LogP contribution is -2.29. The second-order valence-electron chi connectivity index (χ2n) is 7.26. The van der Waals surface area contributed by atoms with Crippen LogP contribution in [-0.4, -0.2) is 38.4 Å². The molecule has 0 N–H and O–H groups in total. The summed E-state index contributed by atoms with van der Waals surface area (Å²) in [7, 11) is 1.80. The van der Waals surface area contributed by atoms with Gasteiger partial charge < -0.3 is 9.47 Å². The molecule has 0 unspecified atom stereocenters. The summed E-state index contributed by atoms with van der Waals surface area (Å²) in [6.07, 6.45) is 3.65. The molecule has 6 heteroatoms. The van der Waals surface area contributed by atoms with E-state index in [0.29, 0.717) is 35.5 Å². The molecule has 29 heavy (non-hydrogen) atoms. The fourth-order valence-corrected chi connectivity index (χ4v) is 3.55. The number of benzene rings is 1. The van der Waals surface area contributed by atoms with Gasteiger partial charge in [-0.3, -0.25) is 14.0 Å². The van der Waals surface area contributed by atoms with Crippen LogP contribution in [0.25, 0.3) is 16.7 Å². The van der Waals surface area contributed by atoms with Gasteiger partial charge in [0, 0.05) is 26.3 Å². The van der Waals surface area contributed by atoms with Crippen LogP contribution >= 0.6 is 0 Å². The maximum atomic E-state index is 13.2. The maximum absolute atomic E-state index is 13.2. The number of fused-ring (bicyclic) bond motifs is 2. The molecule has 0 radical (unpaired) electrons. The van der Waals surface area contributed by atoms with Crippen molar-refractivity contribution in [2.75, 3.05) is 13.6 Å². The highest BCUT2D eigenvalue weighted by atomic mass is 16.2. The topological polar surface area (TPSA) is 59.6 Å². The Morgan fingerprint density at radius 3 is 2.62 bits per heavy atom. The molecule has 0 bridgehead atoms. The molecular weight excluding hydrogens is 364 g/mol. The molecule has 0 atom stereocenters. The van der Waals surface area contributed by atoms with Gasteiger partial charge in [0.25, 0.3) is 11.5 Å². The quantitative estimate of drug-likeness (QED) is 0.507. The van der Waals surface area contributed by atoms with Crippen molar-refractivity contribution >= 4 is 22.6 Å². The van der Waals surface area contributed by atoms with Crippen molar-refractivity contribution in [1.82, 2.24) is 18.9 Å². The van der Waals surface area contributed by atoms with Crippen LogP contribution in [0.15, 0.2) is 65.6 Å². The number of aromatic nitrogens is 3. The zero-order valence-corrected chi connectivity index (χ0v) is 16.7. The third-order valence-electron chi connectivity index (χ3n) is 5.17. The smallest absolute Gasteiger partial charge is 0.270 e. The number of hydrogen-bond acceptors (Lipinski definition) is 3. The van der Waals surface area contributed by atoms with Gasteiger partial charge in [-0.2, -0.15) is 0 Å². The Bertz CT molecular complexity index is 1220. The molecule has 148 valence electrons. The molecule has 0 aliphatic rings. The number of pyridine rings is 1. The van der Waals surface area contributed by atoms with Crippen LogP contribution in [0, 0.1) is 0 Å². The second-order valence-corrected chi connectivity index (χ2v) is 7.26. The van der Waals surface area contributed by atoms with E-state index in [1.807, 2.05) is 41.0 Å². The SMILES string of the molecule is CCCCN(C)C(=O)c1cc2c(=O)n3ccccc3nc2n1Cc1ccccc1. The summed E-state index contributed by atoms with van der Waals surface area (Å²) in [4.78, 5) is 32.7. The Morgan fingerprint density at radius 1 is 1.10 bits per heavy atom. The normalized spacial score (nSPS) is 11.2. The molecule has 0 saturated heterocycles. The molecule has 0 aliphatic carbocycles. The Balaban J connectivity index is 1.92. The van der Waals surface area contributed by atoms with E-state index in [1.165, 1.54) is 4.40 Å². The number of carbonyl (C=O) groups is 1. The van der Waals surface area contributed by atoms with Gasteiger partial charge in [0.05, 0.1) is 5.39 Å². The van der Waals surface area contributed by atoms with E-state index in [9.17, 15) is 9.59 Å². The average molecular weight is 388 g/mol. The average Bonchev–Trinajstić information content (AvgIpc) is 3.11. The Labute approximate surface area is 169 Å². The van der Waals surface area contributed by atoms with Crippen LogP contribution in [0.1, 0.15) is 35.8 Å². The van der Waals surface area contributed by atoms with Gasteiger partial charge in [0.15, 0.2) is 0 Å². The van der Waals surface area contributed by atoms with Gasteiger partial charge in [-0.1, -0.05) is 49.7 Å². The molecule has 0 spiro atoms. The van der Waals surface area contributed by atoms with Gasteiger partial charge in [0.1, 0.15) is 17.0 Å². The minimum absolute atomic E-state index is 0.0964. The van der Waals surface area contributed by atoms with E-state index < -0.39 is 0 Å². The third-order valence-corrected chi connectivity index (χ3v) is 5.17. The van der Waals surface area contributed by atoms with Crippen molar-refractivity contribution in [2.45, 2.75) is 26.3 Å². The zero-order chi connectivity index (χ0) is 20.4. The van der Waals surface area contributed by atoms with Gasteiger partial charge >= 0.3 is 0 Å². The van der Waals surface area contributed by atoms with Gasteiger partial charge in [-0.05, 0) is 30.2 Å². The van der Waals surface area contributed by atoms with Crippen molar-refractivity contribution < 1.29 is 4.79 Å². The third kappa shape index (κ3) is 3.53. The second kappa shape index (κ2) is 7.91. The first kappa shape index (κ1) is 18.9. The molecular formula is C23H24N4O2. The summed E-state index contributed by atoms with van der Waals surface area (Å²) in [5.74, 6) is -0.0964. The summed E-state index contributed by atoms with van der Waals surface area (Å²) in [6.45, 7) is 3.25. The number of unbranched alkanes of at least 4 members (excludes halogenated alkanes) is 1. The van der Waals surface area contributed by atoms with Crippen molar-refractivity contribution in [3.63, 3.8) is 0 Å². The summed E-state index contributed by atoms with van der Waals surface area (Å²) in [6, 6.07) is 17.0. The van der Waals surface area contributed by atoms with E-state index >= 15 is 0 Å². The largest absolute Gasteiger partial charge is 0.340 e. The van der Waals surface area contributed by atoms with Gasteiger partial charge in [-0.25, -0.2) is 4.98 Å². The molecule has 4 rings (SSSR count). The van der Waals surface area contributed by atoms with E-state index in [-0.39, 0.29) is 11.5 Å². The lowest BCUT2D eigenvalue weighted by molar-refractivity contribution is 0.0783. The van der Waals surface area contributed by atoms with E-state index in [4.69, 9.17) is 4.98 Å². The predicted octanol–water partition coefficient (Wildman–Crippen LogP) is 3.57. The van der Waals surface area contributed by atoms with Crippen LogP contribution in [0.4, 0.5) is 0 Å². The maximum Gasteiger partial charge on any atom is 0.270 e. The molecule has 3 heterocycles. The molecule has 1 amide bonds. The van der Waals surface area contributed by atoms with Gasteiger partial charge in [-0.15, -0.1) is 0 Å². The highest BCUT2D eigenvalue weighted by Crippen LogP contribution is 2.20.